The average Bonchev–Trinajstić information content (AvgIpc) is 2.75. The fourth-order valence-corrected chi connectivity index (χ4v) is 3.28. The molecule has 2 amide bonds. The van der Waals surface area contributed by atoms with Gasteiger partial charge >= 0.3 is 0 Å². The van der Waals surface area contributed by atoms with Gasteiger partial charge in [0.1, 0.15) is 5.75 Å². The second-order valence-corrected chi connectivity index (χ2v) is 6.99. The number of hydrogen-bond donors (Lipinski definition) is 5. The van der Waals surface area contributed by atoms with E-state index in [2.05, 4.69) is 26.3 Å². The van der Waals surface area contributed by atoms with E-state index >= 15 is 0 Å². The number of benzene rings is 2. The van der Waals surface area contributed by atoms with Crippen molar-refractivity contribution in [3.8, 4) is 5.75 Å². The van der Waals surface area contributed by atoms with E-state index in [1.165, 1.54) is 12.1 Å². The van der Waals surface area contributed by atoms with Crippen LogP contribution >= 0.6 is 0 Å². The number of amides is 2. The van der Waals surface area contributed by atoms with Crippen LogP contribution in [0.3, 0.4) is 0 Å². The molecule has 1 aliphatic heterocycles. The summed E-state index contributed by atoms with van der Waals surface area (Å²) in [5.74, 6) is 0.588. The van der Waals surface area contributed by atoms with E-state index in [1.54, 1.807) is 12.1 Å². The molecule has 0 saturated carbocycles. The van der Waals surface area contributed by atoms with Crippen molar-refractivity contribution in [1.82, 2.24) is 16.0 Å². The van der Waals surface area contributed by atoms with Gasteiger partial charge in [0, 0.05) is 43.2 Å². The van der Waals surface area contributed by atoms with Crippen molar-refractivity contribution in [1.29, 1.82) is 0 Å². The first kappa shape index (κ1) is 21.2. The number of nitrogens with one attached hydrogen (secondary N) is 4. The Morgan fingerprint density at radius 1 is 1.10 bits per heavy atom. The number of anilines is 1. The van der Waals surface area contributed by atoms with Crippen molar-refractivity contribution in [3.05, 3.63) is 59.7 Å². The third-order valence-electron chi connectivity index (χ3n) is 4.75. The summed E-state index contributed by atoms with van der Waals surface area (Å²) in [5.41, 5.74) is 2.43. The van der Waals surface area contributed by atoms with Crippen molar-refractivity contribution in [2.45, 2.75) is 19.3 Å². The molecule has 0 saturated heterocycles. The predicted octanol–water partition coefficient (Wildman–Crippen LogP) is 1.80. The first-order valence-corrected chi connectivity index (χ1v) is 10.0. The number of hydrogen-bond acceptors (Lipinski definition) is 4. The molecule has 8 heteroatoms. The third-order valence-corrected chi connectivity index (χ3v) is 4.75. The molecule has 30 heavy (non-hydrogen) atoms. The van der Waals surface area contributed by atoms with Crippen molar-refractivity contribution >= 4 is 23.5 Å². The first-order chi connectivity index (χ1) is 14.6. The normalized spacial score (nSPS) is 15.7. The molecule has 0 bridgehead atoms. The van der Waals surface area contributed by atoms with Crippen molar-refractivity contribution in [2.75, 3.05) is 31.5 Å². The summed E-state index contributed by atoms with van der Waals surface area (Å²) in [7, 11) is 0. The highest BCUT2D eigenvalue weighted by molar-refractivity contribution is 5.95. The maximum absolute atomic E-state index is 12.1. The van der Waals surface area contributed by atoms with E-state index in [4.69, 9.17) is 0 Å². The van der Waals surface area contributed by atoms with Gasteiger partial charge in [0.05, 0.1) is 6.54 Å². The lowest BCUT2D eigenvalue weighted by Gasteiger charge is -2.24. The molecule has 5 N–H and O–H groups in total. The van der Waals surface area contributed by atoms with Crippen LogP contribution < -0.4 is 21.3 Å². The predicted molar refractivity (Wildman–Crippen MR) is 117 cm³/mol. The van der Waals surface area contributed by atoms with Crippen molar-refractivity contribution in [3.63, 3.8) is 0 Å². The van der Waals surface area contributed by atoms with Gasteiger partial charge in [-0.2, -0.15) is 0 Å². The van der Waals surface area contributed by atoms with E-state index in [-0.39, 0.29) is 23.5 Å². The maximum Gasteiger partial charge on any atom is 0.251 e. The Morgan fingerprint density at radius 2 is 1.83 bits per heavy atom. The lowest BCUT2D eigenvalue weighted by Crippen LogP contribution is -2.41. The highest BCUT2D eigenvalue weighted by atomic mass is 16.3. The van der Waals surface area contributed by atoms with Crippen LogP contribution in [0.5, 0.6) is 5.75 Å². The molecule has 158 valence electrons. The number of carbonyl (C=O) groups excluding carboxylic acids is 2. The number of aliphatic imine (C=N–C) groups is 1. The molecule has 3 rings (SSSR count). The Kier molecular flexibility index (Phi) is 7.26. The summed E-state index contributed by atoms with van der Waals surface area (Å²) in [4.78, 5) is 28.7. The van der Waals surface area contributed by atoms with E-state index in [0.717, 1.165) is 11.3 Å². The van der Waals surface area contributed by atoms with Gasteiger partial charge in [-0.1, -0.05) is 18.2 Å². The van der Waals surface area contributed by atoms with E-state index in [1.807, 2.05) is 31.2 Å². The SMILES string of the molecule is CCNC(=NCC1CC(=O)Nc2ccccc21)NCCNC(=O)c1ccc(O)cc1. The van der Waals surface area contributed by atoms with Gasteiger partial charge in [0.15, 0.2) is 5.96 Å². The zero-order valence-electron chi connectivity index (χ0n) is 16.9. The largest absolute Gasteiger partial charge is 0.508 e. The third kappa shape index (κ3) is 5.73. The van der Waals surface area contributed by atoms with Crippen LogP contribution in [0, 0.1) is 0 Å². The fourth-order valence-electron chi connectivity index (χ4n) is 3.28. The van der Waals surface area contributed by atoms with Crippen LogP contribution in [0.25, 0.3) is 0 Å². The molecule has 0 radical (unpaired) electrons. The van der Waals surface area contributed by atoms with Gasteiger partial charge in [-0.25, -0.2) is 0 Å². The molecule has 0 spiro atoms. The van der Waals surface area contributed by atoms with Crippen LogP contribution in [-0.2, 0) is 4.79 Å². The van der Waals surface area contributed by atoms with Crippen molar-refractivity contribution in [2.24, 2.45) is 4.99 Å². The van der Waals surface area contributed by atoms with E-state index in [9.17, 15) is 14.7 Å². The summed E-state index contributed by atoms with van der Waals surface area (Å²) >= 11 is 0. The van der Waals surface area contributed by atoms with Gasteiger partial charge in [-0.05, 0) is 42.8 Å². The summed E-state index contributed by atoms with van der Waals surface area (Å²) < 4.78 is 0. The smallest absolute Gasteiger partial charge is 0.251 e. The van der Waals surface area contributed by atoms with Gasteiger partial charge in [-0.15, -0.1) is 0 Å². The van der Waals surface area contributed by atoms with Crippen LogP contribution in [-0.4, -0.2) is 49.1 Å². The Balaban J connectivity index is 1.52. The summed E-state index contributed by atoms with van der Waals surface area (Å²) in [6, 6.07) is 13.9. The van der Waals surface area contributed by atoms with Crippen LogP contribution in [0.2, 0.25) is 0 Å². The Bertz CT molecular complexity index is 911. The molecule has 8 nitrogen and oxygen atoms in total. The summed E-state index contributed by atoms with van der Waals surface area (Å²) in [6.07, 6.45) is 0.405. The molecular formula is C22H27N5O3. The van der Waals surface area contributed by atoms with Gasteiger partial charge in [-0.3, -0.25) is 14.6 Å². The van der Waals surface area contributed by atoms with Crippen molar-refractivity contribution < 1.29 is 14.7 Å². The molecule has 1 atom stereocenters. The Labute approximate surface area is 175 Å². The fraction of sp³-hybridized carbons (Fsp3) is 0.318. The number of nitrogens with zero attached hydrogens (tertiary/aromatic N) is 1. The molecule has 0 aliphatic carbocycles. The number of phenolic OH excluding ortho intramolecular Hbond substituents is 1. The van der Waals surface area contributed by atoms with Gasteiger partial charge in [0.25, 0.3) is 5.91 Å². The average molecular weight is 409 g/mol. The minimum atomic E-state index is -0.205. The summed E-state index contributed by atoms with van der Waals surface area (Å²) in [5, 5.41) is 21.4. The van der Waals surface area contributed by atoms with E-state index < -0.39 is 0 Å². The number of carbonyl (C=O) groups is 2. The molecule has 0 aromatic heterocycles. The zero-order valence-corrected chi connectivity index (χ0v) is 16.9. The molecule has 0 fully saturated rings. The molecular weight excluding hydrogens is 382 g/mol. The van der Waals surface area contributed by atoms with E-state index in [0.29, 0.717) is 44.1 Å². The minimum Gasteiger partial charge on any atom is -0.508 e. The quantitative estimate of drug-likeness (QED) is 0.272. The van der Waals surface area contributed by atoms with Gasteiger partial charge < -0.3 is 26.4 Å². The Morgan fingerprint density at radius 3 is 2.60 bits per heavy atom. The highest BCUT2D eigenvalue weighted by Crippen LogP contribution is 2.31. The standard InChI is InChI=1S/C22H27N5O3/c1-2-23-22(25-12-11-24-21(30)15-7-9-17(28)10-8-15)26-14-16-13-20(29)27-19-6-4-3-5-18(16)19/h3-10,16,28H,2,11-14H2,1H3,(H,24,30)(H,27,29)(H2,23,25,26). The molecule has 1 heterocycles. The lowest BCUT2D eigenvalue weighted by atomic mass is 9.91. The molecule has 2 aromatic rings. The summed E-state index contributed by atoms with van der Waals surface area (Å²) in [6.45, 7) is 4.08. The van der Waals surface area contributed by atoms with Crippen LogP contribution in [0.4, 0.5) is 5.69 Å². The number of aromatic hydroxyl groups is 1. The number of para-hydroxylation sites is 1. The zero-order chi connectivity index (χ0) is 21.3. The van der Waals surface area contributed by atoms with Gasteiger partial charge in [0.2, 0.25) is 5.91 Å². The second-order valence-electron chi connectivity index (χ2n) is 6.99. The second kappa shape index (κ2) is 10.3. The maximum atomic E-state index is 12.1. The number of guanidine groups is 1. The Hall–Kier alpha value is -3.55. The van der Waals surface area contributed by atoms with Crippen LogP contribution in [0.15, 0.2) is 53.5 Å². The number of phenols is 1. The number of fused-ring (bicyclic) bond motifs is 1. The topological polar surface area (TPSA) is 115 Å². The first-order valence-electron chi connectivity index (χ1n) is 10.0. The molecule has 1 aliphatic rings. The number of rotatable bonds is 7. The molecule has 1 unspecified atom stereocenters. The van der Waals surface area contributed by atoms with Crippen LogP contribution in [0.1, 0.15) is 35.2 Å². The molecule has 2 aromatic carbocycles. The highest BCUT2D eigenvalue weighted by Gasteiger charge is 2.24. The monoisotopic (exact) mass is 409 g/mol. The minimum absolute atomic E-state index is 0.00352. The lowest BCUT2D eigenvalue weighted by molar-refractivity contribution is -0.116.